The first-order valence-electron chi connectivity index (χ1n) is 5.77. The Balaban J connectivity index is 2.32. The highest BCUT2D eigenvalue weighted by Crippen LogP contribution is 2.25. The van der Waals surface area contributed by atoms with E-state index in [1.807, 2.05) is 18.2 Å². The lowest BCUT2D eigenvalue weighted by Gasteiger charge is -2.03. The number of rotatable bonds is 5. The van der Waals surface area contributed by atoms with Crippen molar-refractivity contribution in [1.29, 1.82) is 0 Å². The molecule has 0 saturated heterocycles. The molecule has 3 nitrogen and oxygen atoms in total. The van der Waals surface area contributed by atoms with E-state index in [2.05, 4.69) is 18.3 Å². The van der Waals surface area contributed by atoms with Gasteiger partial charge in [-0.2, -0.15) is 0 Å². The molecule has 2 aromatic rings. The number of fused-ring (bicyclic) bond motifs is 1. The van der Waals surface area contributed by atoms with Crippen LogP contribution in [0.5, 0.6) is 0 Å². The molecule has 0 spiro atoms. The molecule has 2 rings (SSSR count). The Morgan fingerprint density at radius 1 is 1.31 bits per heavy atom. The van der Waals surface area contributed by atoms with E-state index in [0.717, 1.165) is 30.9 Å². The number of benzene rings is 1. The van der Waals surface area contributed by atoms with Gasteiger partial charge in [0.2, 0.25) is 0 Å². The van der Waals surface area contributed by atoms with Gasteiger partial charge in [-0.15, -0.1) is 0 Å². The zero-order chi connectivity index (χ0) is 11.4. The van der Waals surface area contributed by atoms with E-state index >= 15 is 0 Å². The van der Waals surface area contributed by atoms with Gasteiger partial charge >= 0.3 is 0 Å². The molecule has 0 saturated carbocycles. The summed E-state index contributed by atoms with van der Waals surface area (Å²) >= 11 is 0. The topological polar surface area (TPSA) is 51.2 Å². The maximum absolute atomic E-state index is 5.81. The minimum Gasteiger partial charge on any atom is -0.461 e. The number of hydrogen-bond acceptors (Lipinski definition) is 3. The lowest BCUT2D eigenvalue weighted by atomic mass is 10.1. The first kappa shape index (κ1) is 11.2. The summed E-state index contributed by atoms with van der Waals surface area (Å²) in [6.07, 6.45) is 0.925. The predicted molar refractivity (Wildman–Crippen MR) is 66.4 cm³/mol. The highest BCUT2D eigenvalue weighted by Gasteiger charge is 2.11. The van der Waals surface area contributed by atoms with Crippen LogP contribution in [-0.2, 0) is 13.0 Å². The average molecular weight is 218 g/mol. The molecule has 0 amide bonds. The molecule has 0 aliphatic rings. The minimum absolute atomic E-state index is 0.664. The number of furan rings is 1. The maximum atomic E-state index is 5.81. The summed E-state index contributed by atoms with van der Waals surface area (Å²) in [4.78, 5) is 0. The van der Waals surface area contributed by atoms with E-state index in [1.54, 1.807) is 0 Å². The van der Waals surface area contributed by atoms with Crippen molar-refractivity contribution in [3.05, 3.63) is 35.6 Å². The van der Waals surface area contributed by atoms with Crippen molar-refractivity contribution in [3.63, 3.8) is 0 Å². The predicted octanol–water partition coefficient (Wildman–Crippen LogP) is 2.04. The van der Waals surface area contributed by atoms with Crippen LogP contribution >= 0.6 is 0 Å². The van der Waals surface area contributed by atoms with Gasteiger partial charge in [-0.1, -0.05) is 25.1 Å². The number of nitrogens with two attached hydrogens (primary N) is 1. The van der Waals surface area contributed by atoms with Crippen LogP contribution in [0.15, 0.2) is 28.7 Å². The molecule has 3 N–H and O–H groups in total. The third kappa shape index (κ3) is 2.10. The summed E-state index contributed by atoms with van der Waals surface area (Å²) in [7, 11) is 0. The van der Waals surface area contributed by atoms with E-state index in [4.69, 9.17) is 10.2 Å². The Morgan fingerprint density at radius 3 is 2.88 bits per heavy atom. The minimum atomic E-state index is 0.664. The third-order valence-corrected chi connectivity index (χ3v) is 2.73. The number of aryl methyl sites for hydroxylation is 1. The lowest BCUT2D eigenvalue weighted by Crippen LogP contribution is -2.22. The summed E-state index contributed by atoms with van der Waals surface area (Å²) in [5.41, 5.74) is 7.71. The van der Waals surface area contributed by atoms with Gasteiger partial charge in [0, 0.05) is 37.0 Å². The highest BCUT2D eigenvalue weighted by atomic mass is 16.3. The van der Waals surface area contributed by atoms with E-state index in [-0.39, 0.29) is 0 Å². The van der Waals surface area contributed by atoms with Gasteiger partial charge in [0.25, 0.3) is 0 Å². The Bertz CT molecular complexity index is 462. The zero-order valence-electron chi connectivity index (χ0n) is 9.62. The molecule has 16 heavy (non-hydrogen) atoms. The van der Waals surface area contributed by atoms with Crippen LogP contribution in [-0.4, -0.2) is 13.1 Å². The summed E-state index contributed by atoms with van der Waals surface area (Å²) in [6.45, 7) is 4.45. The molecule has 86 valence electrons. The van der Waals surface area contributed by atoms with E-state index in [0.29, 0.717) is 6.54 Å². The standard InChI is InChI=1S/C13H18N2O/c1-2-12-11(9-15-8-7-14)10-5-3-4-6-13(10)16-12/h3-6,15H,2,7-9,14H2,1H3. The second-order valence-electron chi connectivity index (χ2n) is 3.82. The van der Waals surface area contributed by atoms with E-state index < -0.39 is 0 Å². The van der Waals surface area contributed by atoms with E-state index in [1.165, 1.54) is 10.9 Å². The fourth-order valence-corrected chi connectivity index (χ4v) is 1.94. The normalized spacial score (nSPS) is 11.1. The number of nitrogens with one attached hydrogen (secondary N) is 1. The summed E-state index contributed by atoms with van der Waals surface area (Å²) in [5.74, 6) is 1.07. The summed E-state index contributed by atoms with van der Waals surface area (Å²) in [5, 5.41) is 4.53. The number of hydrogen-bond donors (Lipinski definition) is 2. The SMILES string of the molecule is CCc1oc2ccccc2c1CNCCN. The quantitative estimate of drug-likeness (QED) is 0.755. The van der Waals surface area contributed by atoms with Crippen LogP contribution in [0.25, 0.3) is 11.0 Å². The van der Waals surface area contributed by atoms with Crippen LogP contribution < -0.4 is 11.1 Å². The Labute approximate surface area is 95.6 Å². The fourth-order valence-electron chi connectivity index (χ4n) is 1.94. The van der Waals surface area contributed by atoms with Gasteiger partial charge in [0.1, 0.15) is 11.3 Å². The molecule has 1 aromatic heterocycles. The van der Waals surface area contributed by atoms with Crippen molar-refractivity contribution in [2.24, 2.45) is 5.73 Å². The second kappa shape index (κ2) is 5.14. The molecule has 1 heterocycles. The van der Waals surface area contributed by atoms with Crippen molar-refractivity contribution in [3.8, 4) is 0 Å². The number of para-hydroxylation sites is 1. The molecule has 0 aliphatic carbocycles. The zero-order valence-corrected chi connectivity index (χ0v) is 9.62. The smallest absolute Gasteiger partial charge is 0.134 e. The average Bonchev–Trinajstić information content (AvgIpc) is 2.68. The van der Waals surface area contributed by atoms with Crippen LogP contribution in [0.4, 0.5) is 0 Å². The first-order valence-corrected chi connectivity index (χ1v) is 5.77. The van der Waals surface area contributed by atoms with Crippen molar-refractivity contribution in [2.45, 2.75) is 19.9 Å². The second-order valence-corrected chi connectivity index (χ2v) is 3.82. The molecular weight excluding hydrogens is 200 g/mol. The first-order chi connectivity index (χ1) is 7.86. The van der Waals surface area contributed by atoms with Crippen molar-refractivity contribution in [2.75, 3.05) is 13.1 Å². The fraction of sp³-hybridized carbons (Fsp3) is 0.385. The Hall–Kier alpha value is -1.32. The highest BCUT2D eigenvalue weighted by molar-refractivity contribution is 5.82. The van der Waals surface area contributed by atoms with Crippen molar-refractivity contribution in [1.82, 2.24) is 5.32 Å². The molecule has 1 aromatic carbocycles. The van der Waals surface area contributed by atoms with Gasteiger partial charge in [0.15, 0.2) is 0 Å². The van der Waals surface area contributed by atoms with Gasteiger partial charge in [-0.3, -0.25) is 0 Å². The molecule has 0 bridgehead atoms. The monoisotopic (exact) mass is 218 g/mol. The third-order valence-electron chi connectivity index (χ3n) is 2.73. The largest absolute Gasteiger partial charge is 0.461 e. The molecule has 0 radical (unpaired) electrons. The molecule has 0 atom stereocenters. The molecule has 0 aliphatic heterocycles. The molecule has 0 fully saturated rings. The van der Waals surface area contributed by atoms with Crippen molar-refractivity contribution < 1.29 is 4.42 Å². The van der Waals surface area contributed by atoms with Gasteiger partial charge in [-0.25, -0.2) is 0 Å². The maximum Gasteiger partial charge on any atom is 0.134 e. The van der Waals surface area contributed by atoms with Crippen molar-refractivity contribution >= 4 is 11.0 Å². The summed E-state index contributed by atoms with van der Waals surface area (Å²) in [6, 6.07) is 8.17. The van der Waals surface area contributed by atoms with Gasteiger partial charge in [0.05, 0.1) is 0 Å². The van der Waals surface area contributed by atoms with Crippen LogP contribution in [0.1, 0.15) is 18.2 Å². The van der Waals surface area contributed by atoms with E-state index in [9.17, 15) is 0 Å². The van der Waals surface area contributed by atoms with Crippen LogP contribution in [0, 0.1) is 0 Å². The van der Waals surface area contributed by atoms with Gasteiger partial charge < -0.3 is 15.5 Å². The molecular formula is C13H18N2O. The van der Waals surface area contributed by atoms with Crippen LogP contribution in [0.3, 0.4) is 0 Å². The Morgan fingerprint density at radius 2 is 2.12 bits per heavy atom. The molecule has 0 unspecified atom stereocenters. The van der Waals surface area contributed by atoms with Crippen LogP contribution in [0.2, 0.25) is 0 Å². The summed E-state index contributed by atoms with van der Waals surface area (Å²) < 4.78 is 5.81. The Kier molecular flexibility index (Phi) is 3.59. The van der Waals surface area contributed by atoms with Gasteiger partial charge in [-0.05, 0) is 6.07 Å². The lowest BCUT2D eigenvalue weighted by molar-refractivity contribution is 0.544. The molecule has 3 heteroatoms.